The van der Waals surface area contributed by atoms with Gasteiger partial charge in [-0.3, -0.25) is 14.9 Å². The zero-order valence-electron chi connectivity index (χ0n) is 15.2. The molecule has 4 rings (SSSR count). The summed E-state index contributed by atoms with van der Waals surface area (Å²) < 4.78 is 0. The number of guanidine groups is 2. The zero-order valence-corrected chi connectivity index (χ0v) is 15.9. The first-order valence-electron chi connectivity index (χ1n) is 8.52. The molecule has 0 unspecified atom stereocenters. The van der Waals surface area contributed by atoms with Gasteiger partial charge in [0.15, 0.2) is 5.96 Å². The van der Waals surface area contributed by atoms with Gasteiger partial charge in [0, 0.05) is 23.2 Å². The molecule has 1 spiro atoms. The van der Waals surface area contributed by atoms with Crippen LogP contribution in [0.4, 0.5) is 11.4 Å². The summed E-state index contributed by atoms with van der Waals surface area (Å²) in [5, 5.41) is 6.52. The number of para-hydroxylation sites is 1. The van der Waals surface area contributed by atoms with Crippen LogP contribution in [0.25, 0.3) is 0 Å². The fraction of sp³-hybridized carbons (Fsp3) is 0.158. The molecule has 2 aliphatic rings. The van der Waals surface area contributed by atoms with Gasteiger partial charge in [0.1, 0.15) is 0 Å². The third kappa shape index (κ3) is 2.61. The number of amides is 2. The number of hydrogen-bond acceptors (Lipinski definition) is 7. The largest absolute Gasteiger partial charge is 0.370 e. The Labute approximate surface area is 166 Å². The van der Waals surface area contributed by atoms with Gasteiger partial charge in [0.2, 0.25) is 11.9 Å². The molecular formula is C19H17ClN6O2. The number of carbonyl (C=O) groups excluding carboxylic acids is 2. The zero-order chi connectivity index (χ0) is 20.1. The standard InChI is InChI=1S/C19H17ClN6O2/c1-10-13(20)7-5-8-14(10)22-18-23-17(21)24-19(25-18)12-6-3-4-9-15(12)26(11(2)27)16(19)28/h3-9H,1-2H3,(H4,21,22,23,24,25)/t19-/m1/s1. The van der Waals surface area contributed by atoms with Gasteiger partial charge in [0.05, 0.1) is 5.69 Å². The van der Waals surface area contributed by atoms with Gasteiger partial charge < -0.3 is 11.1 Å². The molecule has 2 aromatic carbocycles. The number of aliphatic imine (C=N–C) groups is 2. The lowest BCUT2D eigenvalue weighted by Crippen LogP contribution is -2.51. The summed E-state index contributed by atoms with van der Waals surface area (Å²) in [6.45, 7) is 3.18. The highest BCUT2D eigenvalue weighted by Gasteiger charge is 2.54. The lowest BCUT2D eigenvalue weighted by Gasteiger charge is -2.27. The molecule has 0 saturated heterocycles. The van der Waals surface area contributed by atoms with Crippen LogP contribution in [-0.4, -0.2) is 23.7 Å². The van der Waals surface area contributed by atoms with Gasteiger partial charge in [-0.1, -0.05) is 35.9 Å². The summed E-state index contributed by atoms with van der Waals surface area (Å²) in [7, 11) is 0. The first kappa shape index (κ1) is 18.0. The molecule has 0 saturated carbocycles. The molecular weight excluding hydrogens is 380 g/mol. The monoisotopic (exact) mass is 396 g/mol. The van der Waals surface area contributed by atoms with Crippen molar-refractivity contribution in [2.24, 2.45) is 15.7 Å². The van der Waals surface area contributed by atoms with Gasteiger partial charge >= 0.3 is 0 Å². The lowest BCUT2D eigenvalue weighted by molar-refractivity contribution is -0.127. The summed E-state index contributed by atoms with van der Waals surface area (Å²) in [6, 6.07) is 12.3. The van der Waals surface area contributed by atoms with E-state index in [1.807, 2.05) is 13.0 Å². The van der Waals surface area contributed by atoms with E-state index in [9.17, 15) is 9.59 Å². The Balaban J connectivity index is 1.84. The topological polar surface area (TPSA) is 112 Å². The molecule has 9 heteroatoms. The van der Waals surface area contributed by atoms with Gasteiger partial charge in [-0.2, -0.15) is 0 Å². The summed E-state index contributed by atoms with van der Waals surface area (Å²) in [6.07, 6.45) is 0. The number of nitrogens with zero attached hydrogens (tertiary/aromatic N) is 3. The number of nitrogens with two attached hydrogens (primary N) is 1. The molecule has 2 aliphatic heterocycles. The molecule has 1 atom stereocenters. The van der Waals surface area contributed by atoms with Crippen LogP contribution in [0.5, 0.6) is 0 Å². The van der Waals surface area contributed by atoms with Crippen molar-refractivity contribution in [3.63, 3.8) is 0 Å². The maximum Gasteiger partial charge on any atom is 0.289 e. The first-order chi connectivity index (χ1) is 13.3. The van der Waals surface area contributed by atoms with E-state index in [0.29, 0.717) is 22.0 Å². The number of hydrogen-bond donors (Lipinski definition) is 3. The maximum atomic E-state index is 13.2. The molecule has 8 nitrogen and oxygen atoms in total. The minimum Gasteiger partial charge on any atom is -0.370 e. The molecule has 0 fully saturated rings. The Hall–Kier alpha value is -3.39. The van der Waals surface area contributed by atoms with Crippen LogP contribution < -0.4 is 21.3 Å². The number of anilines is 2. The van der Waals surface area contributed by atoms with E-state index >= 15 is 0 Å². The van der Waals surface area contributed by atoms with Crippen LogP contribution in [0.3, 0.4) is 0 Å². The molecule has 2 amide bonds. The predicted octanol–water partition coefficient (Wildman–Crippen LogP) is 2.08. The minimum atomic E-state index is -1.66. The molecule has 28 heavy (non-hydrogen) atoms. The van der Waals surface area contributed by atoms with Crippen LogP contribution in [0, 0.1) is 6.92 Å². The van der Waals surface area contributed by atoms with Crippen LogP contribution in [0.15, 0.2) is 52.4 Å². The van der Waals surface area contributed by atoms with Gasteiger partial charge in [-0.05, 0) is 30.7 Å². The van der Waals surface area contributed by atoms with E-state index in [1.165, 1.54) is 6.92 Å². The lowest BCUT2D eigenvalue weighted by atomic mass is 10.0. The Kier molecular flexibility index (Phi) is 4.08. The van der Waals surface area contributed by atoms with Crippen LogP contribution in [0.1, 0.15) is 18.1 Å². The fourth-order valence-corrected chi connectivity index (χ4v) is 3.52. The molecule has 142 valence electrons. The first-order valence-corrected chi connectivity index (χ1v) is 8.90. The predicted molar refractivity (Wildman–Crippen MR) is 108 cm³/mol. The number of benzene rings is 2. The quantitative estimate of drug-likeness (QED) is 0.683. The van der Waals surface area contributed by atoms with Crippen LogP contribution in [-0.2, 0) is 15.3 Å². The fourth-order valence-electron chi connectivity index (χ4n) is 3.34. The summed E-state index contributed by atoms with van der Waals surface area (Å²) >= 11 is 6.18. The van der Waals surface area contributed by atoms with E-state index in [-0.39, 0.29) is 11.9 Å². The highest BCUT2D eigenvalue weighted by Crippen LogP contribution is 2.44. The number of halogens is 1. The van der Waals surface area contributed by atoms with Crippen LogP contribution >= 0.6 is 11.6 Å². The number of rotatable bonds is 1. The van der Waals surface area contributed by atoms with E-state index in [2.05, 4.69) is 20.6 Å². The number of carbonyl (C=O) groups is 2. The second-order valence-electron chi connectivity index (χ2n) is 6.47. The summed E-state index contributed by atoms with van der Waals surface area (Å²) in [5.41, 5.74) is 6.76. The third-order valence-corrected chi connectivity index (χ3v) is 5.07. The van der Waals surface area contributed by atoms with Crippen LogP contribution in [0.2, 0.25) is 5.02 Å². The van der Waals surface area contributed by atoms with Crippen molar-refractivity contribution in [2.45, 2.75) is 19.5 Å². The highest BCUT2D eigenvalue weighted by atomic mass is 35.5. The smallest absolute Gasteiger partial charge is 0.289 e. The maximum absolute atomic E-state index is 13.2. The second kappa shape index (κ2) is 6.35. The molecule has 4 N–H and O–H groups in total. The van der Waals surface area contributed by atoms with Crippen molar-refractivity contribution in [3.8, 4) is 0 Å². The van der Waals surface area contributed by atoms with E-state index in [1.54, 1.807) is 36.4 Å². The summed E-state index contributed by atoms with van der Waals surface area (Å²) in [5.74, 6) is -0.762. The van der Waals surface area contributed by atoms with E-state index < -0.39 is 17.5 Å². The number of fused-ring (bicyclic) bond motifs is 2. The highest BCUT2D eigenvalue weighted by molar-refractivity contribution is 6.32. The normalized spacial score (nSPS) is 20.4. The number of imide groups is 1. The average Bonchev–Trinajstić information content (AvgIpc) is 2.87. The van der Waals surface area contributed by atoms with Crippen molar-refractivity contribution in [1.82, 2.24) is 5.32 Å². The third-order valence-electron chi connectivity index (χ3n) is 4.66. The molecule has 2 aromatic rings. The summed E-state index contributed by atoms with van der Waals surface area (Å²) in [4.78, 5) is 35.2. The van der Waals surface area contributed by atoms with Crippen molar-refractivity contribution < 1.29 is 9.59 Å². The van der Waals surface area contributed by atoms with Crippen molar-refractivity contribution in [3.05, 3.63) is 58.6 Å². The molecule has 0 bridgehead atoms. The minimum absolute atomic E-state index is 0.00531. The SMILES string of the molecule is CC(=O)N1C(=O)[C@@]2(N=C(N)NC(Nc3cccc(Cl)c3C)=N2)c2ccccc21. The second-order valence-corrected chi connectivity index (χ2v) is 6.88. The Bertz CT molecular complexity index is 1080. The average molecular weight is 397 g/mol. The molecule has 0 aromatic heterocycles. The Morgan fingerprint density at radius 3 is 2.71 bits per heavy atom. The number of nitrogens with one attached hydrogen (secondary N) is 2. The van der Waals surface area contributed by atoms with E-state index in [0.717, 1.165) is 10.5 Å². The van der Waals surface area contributed by atoms with Gasteiger partial charge in [0.25, 0.3) is 11.6 Å². The molecule has 0 radical (unpaired) electrons. The van der Waals surface area contributed by atoms with E-state index in [4.69, 9.17) is 17.3 Å². The van der Waals surface area contributed by atoms with Gasteiger partial charge in [-0.15, -0.1) is 0 Å². The van der Waals surface area contributed by atoms with Crippen molar-refractivity contribution in [2.75, 3.05) is 10.2 Å². The Morgan fingerprint density at radius 1 is 1.21 bits per heavy atom. The molecule has 2 heterocycles. The van der Waals surface area contributed by atoms with Crippen molar-refractivity contribution >= 4 is 46.7 Å². The van der Waals surface area contributed by atoms with Gasteiger partial charge in [-0.25, -0.2) is 14.9 Å². The molecule has 0 aliphatic carbocycles. The van der Waals surface area contributed by atoms with Crippen molar-refractivity contribution in [1.29, 1.82) is 0 Å². The Morgan fingerprint density at radius 2 is 1.96 bits per heavy atom.